The zero-order valence-corrected chi connectivity index (χ0v) is 9.75. The number of hydrogen-bond donors (Lipinski definition) is 2. The quantitative estimate of drug-likeness (QED) is 0.737. The van der Waals surface area contributed by atoms with Crippen LogP contribution in [0, 0.1) is 0 Å². The third-order valence-corrected chi connectivity index (χ3v) is 2.03. The van der Waals surface area contributed by atoms with Gasteiger partial charge in [0.05, 0.1) is 18.1 Å². The highest BCUT2D eigenvalue weighted by atomic mass is 15.0. The zero-order valence-electron chi connectivity index (χ0n) is 9.75. The first-order chi connectivity index (χ1) is 7.04. The maximum Gasteiger partial charge on any atom is 0.133 e. The summed E-state index contributed by atoms with van der Waals surface area (Å²) in [6.45, 7) is 7.88. The van der Waals surface area contributed by atoms with Crippen LogP contribution in [0.15, 0.2) is 12.4 Å². The Morgan fingerprint density at radius 3 is 2.33 bits per heavy atom. The highest BCUT2D eigenvalue weighted by Crippen LogP contribution is 2.17. The number of nitrogens with zero attached hydrogens (tertiary/aromatic N) is 2. The van der Waals surface area contributed by atoms with Gasteiger partial charge in [-0.3, -0.25) is 0 Å². The predicted octanol–water partition coefficient (Wildman–Crippen LogP) is 1.53. The molecule has 0 unspecified atom stereocenters. The average molecular weight is 208 g/mol. The minimum atomic E-state index is 0.00971. The fourth-order valence-electron chi connectivity index (χ4n) is 1.14. The Morgan fingerprint density at radius 2 is 1.87 bits per heavy atom. The summed E-state index contributed by atoms with van der Waals surface area (Å²) in [5.74, 6) is 0.867. The van der Waals surface area contributed by atoms with Crippen molar-refractivity contribution in [2.45, 2.75) is 32.6 Å². The first kappa shape index (κ1) is 11.9. The Morgan fingerprint density at radius 1 is 1.27 bits per heavy atom. The molecular weight excluding hydrogens is 188 g/mol. The van der Waals surface area contributed by atoms with Gasteiger partial charge < -0.3 is 11.1 Å². The van der Waals surface area contributed by atoms with Crippen molar-refractivity contribution < 1.29 is 0 Å². The van der Waals surface area contributed by atoms with Crippen molar-refractivity contribution in [3.05, 3.63) is 18.2 Å². The summed E-state index contributed by atoms with van der Waals surface area (Å²) in [5.41, 5.74) is 6.37. The third kappa shape index (κ3) is 3.83. The minimum Gasteiger partial charge on any atom is -0.383 e. The highest BCUT2D eigenvalue weighted by molar-refractivity contribution is 5.37. The van der Waals surface area contributed by atoms with Crippen LogP contribution in [0.2, 0.25) is 0 Å². The molecule has 0 aliphatic carbocycles. The second kappa shape index (κ2) is 5.07. The molecule has 0 spiro atoms. The molecule has 3 N–H and O–H groups in total. The van der Waals surface area contributed by atoms with Crippen molar-refractivity contribution in [1.82, 2.24) is 9.97 Å². The number of aromatic nitrogens is 2. The molecule has 15 heavy (non-hydrogen) atoms. The lowest BCUT2D eigenvalue weighted by Crippen LogP contribution is -2.16. The predicted molar refractivity (Wildman–Crippen MR) is 62.9 cm³/mol. The van der Waals surface area contributed by atoms with Gasteiger partial charge in [-0.15, -0.1) is 0 Å². The molecular formula is C11H20N4. The summed E-state index contributed by atoms with van der Waals surface area (Å²) >= 11 is 0. The third-order valence-electron chi connectivity index (χ3n) is 2.03. The summed E-state index contributed by atoms with van der Waals surface area (Å²) in [6, 6.07) is 0. The summed E-state index contributed by atoms with van der Waals surface area (Å²) in [7, 11) is 0. The average Bonchev–Trinajstić information content (AvgIpc) is 2.18. The molecule has 1 rings (SSSR count). The molecule has 0 aliphatic rings. The van der Waals surface area contributed by atoms with Crippen molar-refractivity contribution in [1.29, 1.82) is 0 Å². The van der Waals surface area contributed by atoms with Gasteiger partial charge in [0.15, 0.2) is 0 Å². The molecule has 0 amide bonds. The van der Waals surface area contributed by atoms with Crippen LogP contribution >= 0.6 is 0 Å². The van der Waals surface area contributed by atoms with Crippen LogP contribution < -0.4 is 11.1 Å². The lowest BCUT2D eigenvalue weighted by molar-refractivity contribution is 0.545. The van der Waals surface area contributed by atoms with Crippen molar-refractivity contribution >= 4 is 5.69 Å². The van der Waals surface area contributed by atoms with E-state index in [2.05, 4.69) is 36.1 Å². The van der Waals surface area contributed by atoms with Crippen molar-refractivity contribution in [2.24, 2.45) is 5.73 Å². The monoisotopic (exact) mass is 208 g/mol. The SMILES string of the molecule is CC(C)(C)c1ncc(NCCCN)cn1. The van der Waals surface area contributed by atoms with Gasteiger partial charge in [0.2, 0.25) is 0 Å². The molecule has 0 aromatic carbocycles. The van der Waals surface area contributed by atoms with Crippen molar-refractivity contribution in [3.8, 4) is 0 Å². The molecule has 0 aliphatic heterocycles. The molecule has 4 heteroatoms. The van der Waals surface area contributed by atoms with Gasteiger partial charge in [0, 0.05) is 12.0 Å². The lowest BCUT2D eigenvalue weighted by Gasteiger charge is -2.16. The van der Waals surface area contributed by atoms with Crippen molar-refractivity contribution in [2.75, 3.05) is 18.4 Å². The standard InChI is InChI=1S/C11H20N4/c1-11(2,3)10-14-7-9(8-15-10)13-6-4-5-12/h7-8,13H,4-6,12H2,1-3H3. The maximum atomic E-state index is 5.40. The first-order valence-corrected chi connectivity index (χ1v) is 5.30. The summed E-state index contributed by atoms with van der Waals surface area (Å²) < 4.78 is 0. The Bertz CT molecular complexity index is 286. The molecule has 4 nitrogen and oxygen atoms in total. The second-order valence-corrected chi connectivity index (χ2v) is 4.61. The van der Waals surface area contributed by atoms with Gasteiger partial charge in [0.25, 0.3) is 0 Å². The Balaban J connectivity index is 2.57. The van der Waals surface area contributed by atoms with E-state index in [1.54, 1.807) is 0 Å². The van der Waals surface area contributed by atoms with Crippen LogP contribution in [0.25, 0.3) is 0 Å². The molecule has 0 saturated heterocycles. The Kier molecular flexibility index (Phi) is 4.03. The number of nitrogens with one attached hydrogen (secondary N) is 1. The van der Waals surface area contributed by atoms with Gasteiger partial charge in [-0.25, -0.2) is 9.97 Å². The van der Waals surface area contributed by atoms with E-state index in [4.69, 9.17) is 5.73 Å². The Labute approximate surface area is 91.3 Å². The number of hydrogen-bond acceptors (Lipinski definition) is 4. The molecule has 1 aromatic rings. The molecule has 0 fully saturated rings. The van der Waals surface area contributed by atoms with Gasteiger partial charge in [-0.1, -0.05) is 20.8 Å². The van der Waals surface area contributed by atoms with Crippen LogP contribution in [-0.4, -0.2) is 23.1 Å². The molecule has 0 bridgehead atoms. The maximum absolute atomic E-state index is 5.40. The van der Waals surface area contributed by atoms with E-state index in [-0.39, 0.29) is 5.41 Å². The molecule has 0 radical (unpaired) electrons. The largest absolute Gasteiger partial charge is 0.383 e. The fraction of sp³-hybridized carbons (Fsp3) is 0.636. The number of nitrogens with two attached hydrogens (primary N) is 1. The topological polar surface area (TPSA) is 63.8 Å². The van der Waals surface area contributed by atoms with Gasteiger partial charge in [0.1, 0.15) is 5.82 Å². The van der Waals surface area contributed by atoms with Crippen LogP contribution in [0.4, 0.5) is 5.69 Å². The van der Waals surface area contributed by atoms with Gasteiger partial charge >= 0.3 is 0 Å². The van der Waals surface area contributed by atoms with E-state index in [0.29, 0.717) is 6.54 Å². The van der Waals surface area contributed by atoms with Crippen LogP contribution in [-0.2, 0) is 5.41 Å². The summed E-state index contributed by atoms with van der Waals surface area (Å²) in [5, 5.41) is 3.22. The van der Waals surface area contributed by atoms with Crippen LogP contribution in [0.5, 0.6) is 0 Å². The summed E-state index contributed by atoms with van der Waals surface area (Å²) in [6.07, 6.45) is 4.61. The Hall–Kier alpha value is -1.16. The van der Waals surface area contributed by atoms with Crippen molar-refractivity contribution in [3.63, 3.8) is 0 Å². The summed E-state index contributed by atoms with van der Waals surface area (Å²) in [4.78, 5) is 8.65. The zero-order chi connectivity index (χ0) is 11.3. The van der Waals surface area contributed by atoms with Gasteiger partial charge in [-0.2, -0.15) is 0 Å². The van der Waals surface area contributed by atoms with Crippen LogP contribution in [0.1, 0.15) is 33.0 Å². The highest BCUT2D eigenvalue weighted by Gasteiger charge is 2.16. The van der Waals surface area contributed by atoms with E-state index >= 15 is 0 Å². The van der Waals surface area contributed by atoms with E-state index in [0.717, 1.165) is 24.5 Å². The molecule has 84 valence electrons. The van der Waals surface area contributed by atoms with E-state index in [1.165, 1.54) is 0 Å². The molecule has 1 aromatic heterocycles. The first-order valence-electron chi connectivity index (χ1n) is 5.30. The van der Waals surface area contributed by atoms with E-state index in [9.17, 15) is 0 Å². The smallest absolute Gasteiger partial charge is 0.133 e. The fourth-order valence-corrected chi connectivity index (χ4v) is 1.14. The second-order valence-electron chi connectivity index (χ2n) is 4.61. The van der Waals surface area contributed by atoms with E-state index < -0.39 is 0 Å². The number of anilines is 1. The normalized spacial score (nSPS) is 11.5. The number of rotatable bonds is 4. The van der Waals surface area contributed by atoms with Crippen LogP contribution in [0.3, 0.4) is 0 Å². The lowest BCUT2D eigenvalue weighted by atomic mass is 9.96. The van der Waals surface area contributed by atoms with Gasteiger partial charge in [-0.05, 0) is 13.0 Å². The molecule has 0 saturated carbocycles. The van der Waals surface area contributed by atoms with E-state index in [1.807, 2.05) is 12.4 Å². The minimum absolute atomic E-state index is 0.00971. The molecule has 0 atom stereocenters. The molecule has 1 heterocycles.